The highest BCUT2D eigenvalue weighted by Crippen LogP contribution is 2.29. The number of nitro groups is 1. The van der Waals surface area contributed by atoms with Crippen molar-refractivity contribution in [2.45, 2.75) is 6.92 Å². The van der Waals surface area contributed by atoms with Gasteiger partial charge in [-0.2, -0.15) is 0 Å². The number of nitrogens with zero attached hydrogens (tertiary/aromatic N) is 1. The van der Waals surface area contributed by atoms with Gasteiger partial charge in [-0.15, -0.1) is 0 Å². The second-order valence-corrected chi connectivity index (χ2v) is 3.34. The Hall–Kier alpha value is -1.23. The van der Waals surface area contributed by atoms with E-state index in [9.17, 15) is 14.9 Å². The molecule has 0 N–H and O–H groups in total. The Labute approximate surface area is 82.8 Å². The van der Waals surface area contributed by atoms with E-state index in [0.29, 0.717) is 21.9 Å². The van der Waals surface area contributed by atoms with Gasteiger partial charge in [-0.1, -0.05) is 0 Å². The molecule has 0 bridgehead atoms. The lowest BCUT2D eigenvalue weighted by atomic mass is 10.1. The summed E-state index contributed by atoms with van der Waals surface area (Å²) in [5.74, 6) is 0. The minimum Gasteiger partial charge on any atom is -0.298 e. The van der Waals surface area contributed by atoms with Gasteiger partial charge in [0.1, 0.15) is 0 Å². The molecular formula is C8H6BrNO3. The van der Waals surface area contributed by atoms with Gasteiger partial charge in [-0.3, -0.25) is 14.9 Å². The lowest BCUT2D eigenvalue weighted by Gasteiger charge is -2.01. The number of carbonyl (C=O) groups is 1. The molecule has 0 amide bonds. The number of halogens is 1. The van der Waals surface area contributed by atoms with Crippen LogP contribution >= 0.6 is 15.9 Å². The predicted molar refractivity (Wildman–Crippen MR) is 50.9 cm³/mol. The molecular weight excluding hydrogens is 238 g/mol. The number of aldehydes is 1. The molecule has 1 aromatic rings. The highest BCUT2D eigenvalue weighted by molar-refractivity contribution is 9.10. The standard InChI is InChI=1S/C8H6BrNO3/c1-5-6(4-11)2-3-7(9)8(5)10(12)13/h2-4H,1H3. The lowest BCUT2D eigenvalue weighted by Crippen LogP contribution is -1.96. The minimum absolute atomic E-state index is 0.0513. The van der Waals surface area contributed by atoms with Crippen LogP contribution in [-0.2, 0) is 0 Å². The van der Waals surface area contributed by atoms with E-state index < -0.39 is 4.92 Å². The van der Waals surface area contributed by atoms with Gasteiger partial charge in [0.2, 0.25) is 0 Å². The highest BCUT2D eigenvalue weighted by Gasteiger charge is 2.17. The molecule has 0 aliphatic rings. The van der Waals surface area contributed by atoms with Crippen LogP contribution in [0.2, 0.25) is 0 Å². The van der Waals surface area contributed by atoms with E-state index in [1.54, 1.807) is 13.0 Å². The Balaban J connectivity index is 3.47. The van der Waals surface area contributed by atoms with Crippen LogP contribution in [0.3, 0.4) is 0 Å². The van der Waals surface area contributed by atoms with Crippen LogP contribution in [0.5, 0.6) is 0 Å². The molecule has 0 aliphatic heterocycles. The normalized spacial score (nSPS) is 9.69. The van der Waals surface area contributed by atoms with Crippen molar-refractivity contribution >= 4 is 27.9 Å². The third-order valence-electron chi connectivity index (χ3n) is 1.73. The Morgan fingerprint density at radius 2 is 2.15 bits per heavy atom. The summed E-state index contributed by atoms with van der Waals surface area (Å²) < 4.78 is 0.389. The molecule has 0 radical (unpaired) electrons. The molecule has 0 spiro atoms. The molecule has 0 atom stereocenters. The smallest absolute Gasteiger partial charge is 0.287 e. The summed E-state index contributed by atoms with van der Waals surface area (Å²) in [5.41, 5.74) is 0.675. The topological polar surface area (TPSA) is 60.2 Å². The number of hydrogen-bond donors (Lipinski definition) is 0. The van der Waals surface area contributed by atoms with Crippen LogP contribution in [0.4, 0.5) is 5.69 Å². The Morgan fingerprint density at radius 1 is 1.54 bits per heavy atom. The summed E-state index contributed by atoms with van der Waals surface area (Å²) in [4.78, 5) is 20.5. The highest BCUT2D eigenvalue weighted by atomic mass is 79.9. The molecule has 1 aromatic carbocycles. The Bertz CT molecular complexity index is 376. The molecule has 0 saturated heterocycles. The number of nitro benzene ring substituents is 1. The largest absolute Gasteiger partial charge is 0.298 e. The molecule has 0 fully saturated rings. The third-order valence-corrected chi connectivity index (χ3v) is 2.37. The fourth-order valence-corrected chi connectivity index (χ4v) is 1.61. The second kappa shape index (κ2) is 3.66. The van der Waals surface area contributed by atoms with Crippen molar-refractivity contribution in [3.05, 3.63) is 37.8 Å². The first-order valence-electron chi connectivity index (χ1n) is 3.46. The van der Waals surface area contributed by atoms with Crippen molar-refractivity contribution in [1.82, 2.24) is 0 Å². The first-order chi connectivity index (χ1) is 6.07. The average Bonchev–Trinajstić information content (AvgIpc) is 2.04. The molecule has 0 aliphatic carbocycles. The maximum Gasteiger partial charge on any atom is 0.287 e. The molecule has 1 rings (SSSR count). The minimum atomic E-state index is -0.508. The van der Waals surface area contributed by atoms with E-state index in [4.69, 9.17) is 0 Å². The summed E-state index contributed by atoms with van der Waals surface area (Å²) in [5, 5.41) is 10.6. The zero-order chi connectivity index (χ0) is 10.0. The Kier molecular flexibility index (Phi) is 2.77. The summed E-state index contributed by atoms with van der Waals surface area (Å²) in [6, 6.07) is 3.04. The molecule has 0 saturated carbocycles. The van der Waals surface area contributed by atoms with Crippen LogP contribution in [-0.4, -0.2) is 11.2 Å². The maximum atomic E-state index is 10.6. The summed E-state index contributed by atoms with van der Waals surface area (Å²) >= 11 is 3.05. The summed E-state index contributed by atoms with van der Waals surface area (Å²) in [6.45, 7) is 1.55. The third kappa shape index (κ3) is 1.75. The molecule has 5 heteroatoms. The zero-order valence-corrected chi connectivity index (χ0v) is 8.37. The van der Waals surface area contributed by atoms with Crippen LogP contribution in [0.25, 0.3) is 0 Å². The lowest BCUT2D eigenvalue weighted by molar-refractivity contribution is -0.386. The molecule has 0 aromatic heterocycles. The van der Waals surface area contributed by atoms with Crippen molar-refractivity contribution in [2.24, 2.45) is 0 Å². The quantitative estimate of drug-likeness (QED) is 0.456. The van der Waals surface area contributed by atoms with E-state index in [1.165, 1.54) is 6.07 Å². The van der Waals surface area contributed by atoms with Crippen molar-refractivity contribution < 1.29 is 9.72 Å². The van der Waals surface area contributed by atoms with Crippen molar-refractivity contribution in [1.29, 1.82) is 0 Å². The van der Waals surface area contributed by atoms with Gasteiger partial charge in [0.25, 0.3) is 5.69 Å². The predicted octanol–water partition coefficient (Wildman–Crippen LogP) is 2.48. The zero-order valence-electron chi connectivity index (χ0n) is 6.78. The van der Waals surface area contributed by atoms with Crippen LogP contribution in [0, 0.1) is 17.0 Å². The number of rotatable bonds is 2. The van der Waals surface area contributed by atoms with Gasteiger partial charge >= 0.3 is 0 Å². The summed E-state index contributed by atoms with van der Waals surface area (Å²) in [7, 11) is 0. The monoisotopic (exact) mass is 243 g/mol. The van der Waals surface area contributed by atoms with Crippen LogP contribution in [0.1, 0.15) is 15.9 Å². The van der Waals surface area contributed by atoms with Gasteiger partial charge in [0, 0.05) is 11.1 Å². The average molecular weight is 244 g/mol. The number of benzene rings is 1. The number of carbonyl (C=O) groups excluding carboxylic acids is 1. The second-order valence-electron chi connectivity index (χ2n) is 2.49. The van der Waals surface area contributed by atoms with Gasteiger partial charge in [-0.05, 0) is 35.0 Å². The van der Waals surface area contributed by atoms with Crippen LogP contribution < -0.4 is 0 Å². The van der Waals surface area contributed by atoms with Crippen molar-refractivity contribution in [3.63, 3.8) is 0 Å². The van der Waals surface area contributed by atoms with E-state index in [2.05, 4.69) is 15.9 Å². The van der Waals surface area contributed by atoms with Gasteiger partial charge in [-0.25, -0.2) is 0 Å². The van der Waals surface area contributed by atoms with Crippen molar-refractivity contribution in [3.8, 4) is 0 Å². The summed E-state index contributed by atoms with van der Waals surface area (Å²) in [6.07, 6.45) is 0.606. The molecule has 4 nitrogen and oxygen atoms in total. The molecule has 13 heavy (non-hydrogen) atoms. The van der Waals surface area contributed by atoms with Crippen molar-refractivity contribution in [2.75, 3.05) is 0 Å². The molecule has 0 heterocycles. The van der Waals surface area contributed by atoms with Crippen LogP contribution in [0.15, 0.2) is 16.6 Å². The fourth-order valence-electron chi connectivity index (χ4n) is 1.03. The Morgan fingerprint density at radius 3 is 2.62 bits per heavy atom. The van der Waals surface area contributed by atoms with E-state index in [-0.39, 0.29) is 5.69 Å². The maximum absolute atomic E-state index is 10.6. The molecule has 0 unspecified atom stereocenters. The first kappa shape index (κ1) is 9.85. The number of hydrogen-bond acceptors (Lipinski definition) is 3. The van der Waals surface area contributed by atoms with E-state index >= 15 is 0 Å². The molecule has 68 valence electrons. The SMILES string of the molecule is Cc1c(C=O)ccc(Br)c1[N+](=O)[O-]. The van der Waals surface area contributed by atoms with E-state index in [0.717, 1.165) is 0 Å². The fraction of sp³-hybridized carbons (Fsp3) is 0.125. The van der Waals surface area contributed by atoms with Gasteiger partial charge in [0.15, 0.2) is 6.29 Å². The first-order valence-corrected chi connectivity index (χ1v) is 4.26. The van der Waals surface area contributed by atoms with Gasteiger partial charge in [0.05, 0.1) is 9.40 Å². The van der Waals surface area contributed by atoms with E-state index in [1.807, 2.05) is 0 Å². The van der Waals surface area contributed by atoms with Gasteiger partial charge < -0.3 is 0 Å².